The number of rotatable bonds is 5. The summed E-state index contributed by atoms with van der Waals surface area (Å²) in [7, 11) is 2.27. The number of alkyl carbamates (subject to hydrolysis) is 1. The van der Waals surface area contributed by atoms with Crippen molar-refractivity contribution >= 4 is 18.0 Å². The van der Waals surface area contributed by atoms with Crippen LogP contribution >= 0.6 is 0 Å². The minimum absolute atomic E-state index is 0.217. The summed E-state index contributed by atoms with van der Waals surface area (Å²) in [6.45, 7) is 4.93. The zero-order chi connectivity index (χ0) is 16.0. The van der Waals surface area contributed by atoms with Crippen LogP contribution in [0.25, 0.3) is 0 Å². The maximum Gasteiger partial charge on any atom is 0.408 e. The molecule has 0 rings (SSSR count). The van der Waals surface area contributed by atoms with Gasteiger partial charge in [-0.3, -0.25) is 4.79 Å². The van der Waals surface area contributed by atoms with E-state index in [2.05, 4.69) is 14.8 Å². The molecule has 0 aromatic heterocycles. The molecular formula is C12H21NO6. The van der Waals surface area contributed by atoms with Gasteiger partial charge in [-0.15, -0.1) is 0 Å². The Morgan fingerprint density at radius 3 is 2.21 bits per heavy atom. The molecule has 1 N–H and O–H groups in total. The summed E-state index contributed by atoms with van der Waals surface area (Å²) in [5.41, 5.74) is -0.774. The van der Waals surface area contributed by atoms with Gasteiger partial charge >= 0.3 is 18.0 Å². The molecule has 0 radical (unpaired) electrons. The minimum Gasteiger partial charge on any atom is -0.469 e. The molecule has 0 bridgehead atoms. The van der Waals surface area contributed by atoms with Gasteiger partial charge in [0.1, 0.15) is 11.6 Å². The second-order valence-electron chi connectivity index (χ2n) is 4.67. The van der Waals surface area contributed by atoms with Crippen molar-refractivity contribution in [3.05, 3.63) is 0 Å². The van der Waals surface area contributed by atoms with Gasteiger partial charge in [-0.2, -0.15) is 0 Å². The van der Waals surface area contributed by atoms with Gasteiger partial charge in [-0.05, 0) is 27.2 Å². The van der Waals surface area contributed by atoms with Crippen LogP contribution in [0, 0.1) is 0 Å². The number of nitrogens with one attached hydrogen (secondary N) is 1. The van der Waals surface area contributed by atoms with Crippen LogP contribution in [0.2, 0.25) is 0 Å². The van der Waals surface area contributed by atoms with E-state index < -0.39 is 29.7 Å². The molecule has 0 aromatic carbocycles. The summed E-state index contributed by atoms with van der Waals surface area (Å²) in [4.78, 5) is 34.3. The van der Waals surface area contributed by atoms with E-state index in [-0.39, 0.29) is 12.8 Å². The van der Waals surface area contributed by atoms with Gasteiger partial charge in [-0.1, -0.05) is 0 Å². The van der Waals surface area contributed by atoms with Crippen molar-refractivity contribution in [3.63, 3.8) is 0 Å². The van der Waals surface area contributed by atoms with Crippen LogP contribution in [-0.4, -0.2) is 43.9 Å². The quantitative estimate of drug-likeness (QED) is 0.595. The standard InChI is InChI=1S/C12H21NO6/c1-12(2,3)19-11(16)13-8(10(15)18-5)6-7-9(14)17-4/h8H,6-7H2,1-5H3,(H,13,16)/i8D. The van der Waals surface area contributed by atoms with Crippen LogP contribution < -0.4 is 5.32 Å². The molecule has 0 aliphatic carbocycles. The third-order valence-electron chi connectivity index (χ3n) is 1.89. The maximum absolute atomic E-state index is 11.6. The molecular weight excluding hydrogens is 254 g/mol. The summed E-state index contributed by atoms with van der Waals surface area (Å²) in [5, 5.41) is 2.10. The molecule has 0 spiro atoms. The van der Waals surface area contributed by atoms with Crippen LogP contribution in [0.5, 0.6) is 0 Å². The van der Waals surface area contributed by atoms with Gasteiger partial charge in [0.2, 0.25) is 0 Å². The number of methoxy groups -OCH3 is 2. The number of hydrogen-bond donors (Lipinski definition) is 1. The lowest BCUT2D eigenvalue weighted by Crippen LogP contribution is -2.44. The summed E-state index contributed by atoms with van der Waals surface area (Å²) < 4.78 is 21.8. The van der Waals surface area contributed by atoms with E-state index in [0.29, 0.717) is 0 Å². The number of ether oxygens (including phenoxy) is 3. The monoisotopic (exact) mass is 276 g/mol. The normalized spacial score (nSPS) is 14.7. The zero-order valence-corrected chi connectivity index (χ0v) is 11.9. The van der Waals surface area contributed by atoms with Crippen LogP contribution in [0.3, 0.4) is 0 Å². The predicted octanol–water partition coefficient (Wildman–Crippen LogP) is 1.01. The Labute approximate surface area is 114 Å². The van der Waals surface area contributed by atoms with Gasteiger partial charge in [0, 0.05) is 6.42 Å². The fourth-order valence-corrected chi connectivity index (χ4v) is 1.09. The van der Waals surface area contributed by atoms with Crippen molar-refractivity contribution in [2.45, 2.75) is 45.2 Å². The fraction of sp³-hybridized carbons (Fsp3) is 0.750. The highest BCUT2D eigenvalue weighted by Crippen LogP contribution is 2.08. The van der Waals surface area contributed by atoms with Gasteiger partial charge in [0.25, 0.3) is 0 Å². The lowest BCUT2D eigenvalue weighted by Gasteiger charge is -2.22. The largest absolute Gasteiger partial charge is 0.469 e. The molecule has 7 heteroatoms. The molecule has 0 fully saturated rings. The topological polar surface area (TPSA) is 90.9 Å². The van der Waals surface area contributed by atoms with Crippen LogP contribution in [0.4, 0.5) is 4.79 Å². The van der Waals surface area contributed by atoms with Crippen LogP contribution in [0.15, 0.2) is 0 Å². The number of esters is 2. The second-order valence-corrected chi connectivity index (χ2v) is 4.67. The highest BCUT2D eigenvalue weighted by molar-refractivity contribution is 5.82. The Morgan fingerprint density at radius 1 is 1.21 bits per heavy atom. The molecule has 110 valence electrons. The first-order valence-electron chi connectivity index (χ1n) is 6.20. The SMILES string of the molecule is [2H]C(CCC(=O)OC)(NC(=O)OC(C)(C)C)C(=O)OC. The lowest BCUT2D eigenvalue weighted by atomic mass is 10.1. The highest BCUT2D eigenvalue weighted by Gasteiger charge is 2.25. The smallest absolute Gasteiger partial charge is 0.408 e. The number of carbonyl (C=O) groups excluding carboxylic acids is 3. The molecule has 1 amide bonds. The van der Waals surface area contributed by atoms with Crippen molar-refractivity contribution in [1.29, 1.82) is 0 Å². The molecule has 0 saturated heterocycles. The molecule has 0 saturated carbocycles. The average molecular weight is 276 g/mol. The van der Waals surface area contributed by atoms with Crippen molar-refractivity contribution in [3.8, 4) is 0 Å². The van der Waals surface area contributed by atoms with Crippen molar-refractivity contribution in [1.82, 2.24) is 5.32 Å². The second kappa shape index (κ2) is 7.60. The highest BCUT2D eigenvalue weighted by atomic mass is 16.6. The van der Waals surface area contributed by atoms with Crippen molar-refractivity contribution in [2.75, 3.05) is 14.2 Å². The van der Waals surface area contributed by atoms with E-state index >= 15 is 0 Å². The maximum atomic E-state index is 11.6. The average Bonchev–Trinajstić information content (AvgIpc) is 2.32. The fourth-order valence-electron chi connectivity index (χ4n) is 1.09. The van der Waals surface area contributed by atoms with E-state index in [4.69, 9.17) is 6.11 Å². The minimum atomic E-state index is -2.11. The number of amides is 1. The Morgan fingerprint density at radius 2 is 1.79 bits per heavy atom. The molecule has 0 aliphatic rings. The van der Waals surface area contributed by atoms with Gasteiger partial charge in [-0.25, -0.2) is 9.59 Å². The Balaban J connectivity index is 4.83. The molecule has 0 heterocycles. The summed E-state index contributed by atoms with van der Waals surface area (Å²) in [5.74, 6) is -1.59. The van der Waals surface area contributed by atoms with E-state index in [0.717, 1.165) is 7.11 Å². The first-order chi connectivity index (χ1) is 9.04. The molecule has 0 aliphatic heterocycles. The van der Waals surface area contributed by atoms with Crippen LogP contribution in [0.1, 0.15) is 35.0 Å². The van der Waals surface area contributed by atoms with E-state index in [1.54, 1.807) is 20.8 Å². The Bertz CT molecular complexity index is 379. The molecule has 1 atom stereocenters. The van der Waals surface area contributed by atoms with E-state index in [1.807, 2.05) is 0 Å². The van der Waals surface area contributed by atoms with Gasteiger partial charge in [0.05, 0.1) is 15.6 Å². The van der Waals surface area contributed by atoms with E-state index in [1.165, 1.54) is 7.11 Å². The first kappa shape index (κ1) is 15.3. The van der Waals surface area contributed by atoms with Gasteiger partial charge < -0.3 is 19.5 Å². The van der Waals surface area contributed by atoms with Crippen molar-refractivity contribution in [2.24, 2.45) is 0 Å². The van der Waals surface area contributed by atoms with E-state index in [9.17, 15) is 14.4 Å². The molecule has 7 nitrogen and oxygen atoms in total. The Hall–Kier alpha value is -1.79. The first-order valence-corrected chi connectivity index (χ1v) is 5.70. The Kier molecular flexibility index (Phi) is 6.11. The van der Waals surface area contributed by atoms with Crippen molar-refractivity contribution < 1.29 is 30.0 Å². The number of carbonyl (C=O) groups is 3. The lowest BCUT2D eigenvalue weighted by molar-refractivity contribution is -0.144. The summed E-state index contributed by atoms with van der Waals surface area (Å²) >= 11 is 0. The van der Waals surface area contributed by atoms with Gasteiger partial charge in [0.15, 0.2) is 0 Å². The third-order valence-corrected chi connectivity index (χ3v) is 1.89. The third kappa shape index (κ3) is 8.01. The summed E-state index contributed by atoms with van der Waals surface area (Å²) in [6, 6.07) is -2.11. The van der Waals surface area contributed by atoms with Crippen LogP contribution in [-0.2, 0) is 23.8 Å². The molecule has 0 aromatic rings. The molecule has 1 unspecified atom stereocenters. The summed E-state index contributed by atoms with van der Waals surface area (Å²) in [6.07, 6.45) is -1.45. The zero-order valence-electron chi connectivity index (χ0n) is 12.9. The number of hydrogen-bond acceptors (Lipinski definition) is 6. The molecule has 19 heavy (non-hydrogen) atoms. The predicted molar refractivity (Wildman–Crippen MR) is 66.4 cm³/mol.